The lowest BCUT2D eigenvalue weighted by molar-refractivity contribution is 0.103. The van der Waals surface area contributed by atoms with E-state index >= 15 is 0 Å². The van der Waals surface area contributed by atoms with E-state index in [0.29, 0.717) is 16.9 Å². The number of nitrogens with two attached hydrogens (primary N) is 1. The predicted octanol–water partition coefficient (Wildman–Crippen LogP) is 1.90. The van der Waals surface area contributed by atoms with Crippen LogP contribution in [0.2, 0.25) is 0 Å². The molecule has 1 aromatic heterocycles. The number of benzene rings is 1. The van der Waals surface area contributed by atoms with Gasteiger partial charge in [-0.05, 0) is 24.3 Å². The molecular formula is C13H12N2O2. The highest BCUT2D eigenvalue weighted by atomic mass is 16.5. The van der Waals surface area contributed by atoms with Gasteiger partial charge >= 0.3 is 0 Å². The number of hydrogen-bond donors (Lipinski definition) is 1. The number of hydrogen-bond acceptors (Lipinski definition) is 4. The molecule has 4 nitrogen and oxygen atoms in total. The monoisotopic (exact) mass is 228 g/mol. The minimum atomic E-state index is -0.187. The van der Waals surface area contributed by atoms with Crippen molar-refractivity contribution in [1.29, 1.82) is 0 Å². The first kappa shape index (κ1) is 11.1. The lowest BCUT2D eigenvalue weighted by Gasteiger charge is -2.08. The Kier molecular flexibility index (Phi) is 3.05. The minimum absolute atomic E-state index is 0.187. The number of carbonyl (C=O) groups excluding carboxylic acids is 1. The first-order valence-electron chi connectivity index (χ1n) is 5.12. The van der Waals surface area contributed by atoms with Crippen LogP contribution in [0.5, 0.6) is 5.75 Å². The standard InChI is InChI=1S/C13H12N2O2/c1-17-11-7-3-2-5-9(11)12(16)10-6-4-8-15-13(10)14/h2-8H,1H3,(H2,14,15). The number of methoxy groups -OCH3 is 1. The molecule has 0 spiro atoms. The molecule has 0 amide bonds. The van der Waals surface area contributed by atoms with Crippen molar-refractivity contribution in [3.63, 3.8) is 0 Å². The highest BCUT2D eigenvalue weighted by molar-refractivity contribution is 6.13. The maximum absolute atomic E-state index is 12.2. The number of aromatic nitrogens is 1. The Bertz CT molecular complexity index is 553. The van der Waals surface area contributed by atoms with E-state index < -0.39 is 0 Å². The summed E-state index contributed by atoms with van der Waals surface area (Å²) in [5.74, 6) is 0.567. The second kappa shape index (κ2) is 4.65. The van der Waals surface area contributed by atoms with Crippen molar-refractivity contribution < 1.29 is 9.53 Å². The molecule has 86 valence electrons. The SMILES string of the molecule is COc1ccccc1C(=O)c1cccnc1N. The summed E-state index contributed by atoms with van der Waals surface area (Å²) >= 11 is 0. The molecule has 0 aliphatic rings. The van der Waals surface area contributed by atoms with Gasteiger partial charge in [-0.25, -0.2) is 4.98 Å². The van der Waals surface area contributed by atoms with Crippen molar-refractivity contribution in [2.75, 3.05) is 12.8 Å². The number of nitrogens with zero attached hydrogens (tertiary/aromatic N) is 1. The highest BCUT2D eigenvalue weighted by Crippen LogP contribution is 2.22. The summed E-state index contributed by atoms with van der Waals surface area (Å²) < 4.78 is 5.15. The fraction of sp³-hybridized carbons (Fsp3) is 0.0769. The van der Waals surface area contributed by atoms with Crippen LogP contribution in [0.1, 0.15) is 15.9 Å². The Morgan fingerprint density at radius 2 is 1.88 bits per heavy atom. The Morgan fingerprint density at radius 3 is 2.59 bits per heavy atom. The Morgan fingerprint density at radius 1 is 1.18 bits per heavy atom. The molecule has 0 fully saturated rings. The minimum Gasteiger partial charge on any atom is -0.496 e. The van der Waals surface area contributed by atoms with Gasteiger partial charge in [0.2, 0.25) is 0 Å². The van der Waals surface area contributed by atoms with Gasteiger partial charge in [-0.15, -0.1) is 0 Å². The smallest absolute Gasteiger partial charge is 0.200 e. The number of anilines is 1. The molecule has 0 saturated heterocycles. The van der Waals surface area contributed by atoms with E-state index in [9.17, 15) is 4.79 Å². The van der Waals surface area contributed by atoms with E-state index in [4.69, 9.17) is 10.5 Å². The molecule has 4 heteroatoms. The highest BCUT2D eigenvalue weighted by Gasteiger charge is 2.16. The fourth-order valence-electron chi connectivity index (χ4n) is 1.59. The summed E-state index contributed by atoms with van der Waals surface area (Å²) in [6.45, 7) is 0. The van der Waals surface area contributed by atoms with E-state index in [-0.39, 0.29) is 11.6 Å². The molecule has 2 rings (SSSR count). The van der Waals surface area contributed by atoms with Crippen molar-refractivity contribution in [3.05, 3.63) is 53.7 Å². The third-order valence-electron chi connectivity index (χ3n) is 2.43. The second-order valence-corrected chi connectivity index (χ2v) is 3.47. The van der Waals surface area contributed by atoms with Crippen LogP contribution in [-0.2, 0) is 0 Å². The van der Waals surface area contributed by atoms with Crippen molar-refractivity contribution in [3.8, 4) is 5.75 Å². The van der Waals surface area contributed by atoms with E-state index in [2.05, 4.69) is 4.98 Å². The molecule has 0 unspecified atom stereocenters. The van der Waals surface area contributed by atoms with Crippen LogP contribution in [0.25, 0.3) is 0 Å². The number of para-hydroxylation sites is 1. The van der Waals surface area contributed by atoms with Crippen LogP contribution >= 0.6 is 0 Å². The van der Waals surface area contributed by atoms with Crippen LogP contribution in [0.15, 0.2) is 42.6 Å². The van der Waals surface area contributed by atoms with Gasteiger partial charge in [0.15, 0.2) is 5.78 Å². The number of carbonyl (C=O) groups is 1. The van der Waals surface area contributed by atoms with Gasteiger partial charge in [0, 0.05) is 6.20 Å². The molecule has 0 atom stereocenters. The third-order valence-corrected chi connectivity index (χ3v) is 2.43. The molecule has 0 radical (unpaired) electrons. The summed E-state index contributed by atoms with van der Waals surface area (Å²) in [7, 11) is 1.53. The summed E-state index contributed by atoms with van der Waals surface area (Å²) in [5, 5.41) is 0. The van der Waals surface area contributed by atoms with Gasteiger partial charge in [-0.3, -0.25) is 4.79 Å². The van der Waals surface area contributed by atoms with Gasteiger partial charge in [0.1, 0.15) is 11.6 Å². The Labute approximate surface area is 99.1 Å². The van der Waals surface area contributed by atoms with Crippen LogP contribution in [0.3, 0.4) is 0 Å². The first-order valence-corrected chi connectivity index (χ1v) is 5.12. The van der Waals surface area contributed by atoms with E-state index in [1.807, 2.05) is 6.07 Å². The van der Waals surface area contributed by atoms with Crippen molar-refractivity contribution in [2.45, 2.75) is 0 Å². The van der Waals surface area contributed by atoms with Gasteiger partial charge in [0.25, 0.3) is 0 Å². The molecular weight excluding hydrogens is 216 g/mol. The van der Waals surface area contributed by atoms with Crippen molar-refractivity contribution >= 4 is 11.6 Å². The maximum Gasteiger partial charge on any atom is 0.200 e. The zero-order valence-electron chi connectivity index (χ0n) is 9.38. The van der Waals surface area contributed by atoms with Crippen LogP contribution in [0.4, 0.5) is 5.82 Å². The summed E-state index contributed by atoms with van der Waals surface area (Å²) in [4.78, 5) is 16.1. The van der Waals surface area contributed by atoms with Gasteiger partial charge in [-0.2, -0.15) is 0 Å². The molecule has 2 N–H and O–H groups in total. The predicted molar refractivity (Wildman–Crippen MR) is 65.1 cm³/mol. The number of nitrogen functional groups attached to an aromatic ring is 1. The van der Waals surface area contributed by atoms with Gasteiger partial charge < -0.3 is 10.5 Å². The molecule has 0 saturated carbocycles. The largest absolute Gasteiger partial charge is 0.496 e. The lowest BCUT2D eigenvalue weighted by Crippen LogP contribution is -2.08. The van der Waals surface area contributed by atoms with Crippen molar-refractivity contribution in [2.24, 2.45) is 0 Å². The first-order chi connectivity index (χ1) is 8.24. The molecule has 0 bridgehead atoms. The number of rotatable bonds is 3. The lowest BCUT2D eigenvalue weighted by atomic mass is 10.0. The Hall–Kier alpha value is -2.36. The number of pyridine rings is 1. The quantitative estimate of drug-likeness (QED) is 0.815. The van der Waals surface area contributed by atoms with E-state index in [0.717, 1.165) is 0 Å². The van der Waals surface area contributed by atoms with Crippen LogP contribution < -0.4 is 10.5 Å². The fourth-order valence-corrected chi connectivity index (χ4v) is 1.59. The molecule has 2 aromatic rings. The van der Waals surface area contributed by atoms with Crippen LogP contribution in [0, 0.1) is 0 Å². The molecule has 0 aliphatic carbocycles. The summed E-state index contributed by atoms with van der Waals surface area (Å²) in [6, 6.07) is 10.4. The average Bonchev–Trinajstić information content (AvgIpc) is 2.38. The van der Waals surface area contributed by atoms with Crippen LogP contribution in [-0.4, -0.2) is 17.9 Å². The topological polar surface area (TPSA) is 65.2 Å². The zero-order chi connectivity index (χ0) is 12.3. The zero-order valence-corrected chi connectivity index (χ0v) is 9.38. The second-order valence-electron chi connectivity index (χ2n) is 3.47. The van der Waals surface area contributed by atoms with Crippen molar-refractivity contribution in [1.82, 2.24) is 4.98 Å². The molecule has 1 heterocycles. The van der Waals surface area contributed by atoms with Gasteiger partial charge in [-0.1, -0.05) is 12.1 Å². The average molecular weight is 228 g/mol. The van der Waals surface area contributed by atoms with Gasteiger partial charge in [0.05, 0.1) is 18.2 Å². The molecule has 17 heavy (non-hydrogen) atoms. The molecule has 0 aliphatic heterocycles. The molecule has 1 aromatic carbocycles. The third kappa shape index (κ3) is 2.10. The maximum atomic E-state index is 12.2. The van der Waals surface area contributed by atoms with E-state index in [1.54, 1.807) is 36.5 Å². The Balaban J connectivity index is 2.48. The summed E-state index contributed by atoms with van der Waals surface area (Å²) in [6.07, 6.45) is 1.55. The normalized spacial score (nSPS) is 9.94. The summed E-state index contributed by atoms with van der Waals surface area (Å²) in [5.41, 5.74) is 6.54. The van der Waals surface area contributed by atoms with E-state index in [1.165, 1.54) is 7.11 Å². The number of ketones is 1. The number of ether oxygens (including phenoxy) is 1.